The van der Waals surface area contributed by atoms with E-state index in [4.69, 9.17) is 14.2 Å². The van der Waals surface area contributed by atoms with Crippen molar-refractivity contribution in [2.24, 2.45) is 0 Å². The highest BCUT2D eigenvalue weighted by Gasteiger charge is 2.32. The molecule has 142 valence electrons. The van der Waals surface area contributed by atoms with E-state index >= 15 is 0 Å². The third-order valence-corrected chi connectivity index (χ3v) is 5.23. The fraction of sp³-hybridized carbons (Fsp3) is 0.632. The summed E-state index contributed by atoms with van der Waals surface area (Å²) in [5.41, 5.74) is 0.735. The van der Waals surface area contributed by atoms with E-state index < -0.39 is 0 Å². The van der Waals surface area contributed by atoms with E-state index in [9.17, 15) is 4.79 Å². The van der Waals surface area contributed by atoms with Gasteiger partial charge in [0.25, 0.3) is 0 Å². The monoisotopic (exact) mass is 361 g/mol. The number of fused-ring (bicyclic) bond motifs is 1. The van der Waals surface area contributed by atoms with Gasteiger partial charge in [-0.15, -0.1) is 0 Å². The molecule has 26 heavy (non-hydrogen) atoms. The van der Waals surface area contributed by atoms with Crippen molar-refractivity contribution in [2.75, 3.05) is 38.3 Å². The number of likely N-dealkylation sites (tertiary alicyclic amines) is 1. The van der Waals surface area contributed by atoms with Gasteiger partial charge in [0.05, 0.1) is 12.2 Å². The van der Waals surface area contributed by atoms with Gasteiger partial charge in [0.2, 0.25) is 6.79 Å². The average Bonchev–Trinajstić information content (AvgIpc) is 3.22. The third kappa shape index (κ3) is 3.73. The number of nitrogens with one attached hydrogen (secondary N) is 1. The van der Waals surface area contributed by atoms with Crippen LogP contribution in [0.25, 0.3) is 0 Å². The van der Waals surface area contributed by atoms with Crippen molar-refractivity contribution in [1.29, 1.82) is 0 Å². The minimum atomic E-state index is -0.0410. The van der Waals surface area contributed by atoms with Crippen LogP contribution in [0.3, 0.4) is 0 Å². The predicted octanol–water partition coefficient (Wildman–Crippen LogP) is 2.52. The summed E-state index contributed by atoms with van der Waals surface area (Å²) >= 11 is 0. The molecule has 0 aliphatic carbocycles. The molecule has 2 amide bonds. The second kappa shape index (κ2) is 7.32. The van der Waals surface area contributed by atoms with Crippen LogP contribution in [0.4, 0.5) is 10.5 Å². The second-order valence-electron chi connectivity index (χ2n) is 7.46. The van der Waals surface area contributed by atoms with Crippen LogP contribution in [0.1, 0.15) is 26.7 Å². The Morgan fingerprint density at radius 2 is 1.96 bits per heavy atom. The molecule has 2 saturated heterocycles. The van der Waals surface area contributed by atoms with Crippen LogP contribution in [-0.4, -0.2) is 67.1 Å². The number of benzene rings is 1. The highest BCUT2D eigenvalue weighted by molar-refractivity contribution is 5.90. The number of rotatable bonds is 3. The van der Waals surface area contributed by atoms with Crippen LogP contribution >= 0.6 is 0 Å². The van der Waals surface area contributed by atoms with Gasteiger partial charge in [0.1, 0.15) is 0 Å². The van der Waals surface area contributed by atoms with Gasteiger partial charge in [-0.1, -0.05) is 0 Å². The first-order chi connectivity index (χ1) is 12.6. The summed E-state index contributed by atoms with van der Waals surface area (Å²) in [4.78, 5) is 17.2. The Labute approximate surface area is 154 Å². The Hall–Kier alpha value is -1.99. The molecule has 7 heteroatoms. The van der Waals surface area contributed by atoms with Crippen LogP contribution in [0, 0.1) is 0 Å². The molecule has 0 saturated carbocycles. The lowest BCUT2D eigenvalue weighted by Crippen LogP contribution is -2.51. The van der Waals surface area contributed by atoms with Gasteiger partial charge in [0, 0.05) is 44.0 Å². The van der Waals surface area contributed by atoms with Crippen molar-refractivity contribution in [3.8, 4) is 11.5 Å². The molecular formula is C19H27N3O4. The Balaban J connectivity index is 1.37. The highest BCUT2D eigenvalue weighted by atomic mass is 16.7. The van der Waals surface area contributed by atoms with Crippen LogP contribution in [0.5, 0.6) is 11.5 Å². The topological polar surface area (TPSA) is 63.3 Å². The van der Waals surface area contributed by atoms with Gasteiger partial charge >= 0.3 is 6.03 Å². The molecule has 3 aliphatic heterocycles. The van der Waals surface area contributed by atoms with E-state index in [0.29, 0.717) is 5.75 Å². The van der Waals surface area contributed by atoms with E-state index in [0.717, 1.165) is 50.5 Å². The number of ether oxygens (including phenoxy) is 3. The molecule has 1 aromatic rings. The molecule has 3 aliphatic rings. The van der Waals surface area contributed by atoms with Crippen LogP contribution < -0.4 is 14.8 Å². The fourth-order valence-electron chi connectivity index (χ4n) is 4.19. The van der Waals surface area contributed by atoms with E-state index in [1.807, 2.05) is 23.1 Å². The number of amides is 2. The number of morpholine rings is 1. The number of carbonyl (C=O) groups is 1. The molecule has 1 aromatic carbocycles. The van der Waals surface area contributed by atoms with Gasteiger partial charge in [-0.05, 0) is 38.8 Å². The van der Waals surface area contributed by atoms with Crippen LogP contribution in [0.15, 0.2) is 18.2 Å². The van der Waals surface area contributed by atoms with Gasteiger partial charge in [-0.3, -0.25) is 4.90 Å². The lowest BCUT2D eigenvalue weighted by Gasteiger charge is -2.38. The Morgan fingerprint density at radius 1 is 1.19 bits per heavy atom. The number of urea groups is 1. The molecule has 0 aromatic heterocycles. The van der Waals surface area contributed by atoms with Crippen molar-refractivity contribution in [3.05, 3.63) is 18.2 Å². The summed E-state index contributed by atoms with van der Waals surface area (Å²) in [6, 6.07) is 5.70. The van der Waals surface area contributed by atoms with Gasteiger partial charge in [0.15, 0.2) is 11.5 Å². The van der Waals surface area contributed by atoms with Crippen molar-refractivity contribution in [2.45, 2.75) is 44.9 Å². The molecule has 0 spiro atoms. The first-order valence-corrected chi connectivity index (χ1v) is 9.43. The van der Waals surface area contributed by atoms with E-state index in [1.54, 1.807) is 0 Å². The lowest BCUT2D eigenvalue weighted by molar-refractivity contribution is -0.0712. The normalized spacial score (nSPS) is 28.4. The molecule has 7 nitrogen and oxygen atoms in total. The number of hydrogen-bond acceptors (Lipinski definition) is 5. The SMILES string of the molecule is C[C@@H]1CN(C[C@@H]2CCCN2C(=O)Nc2ccc3c(c2)OCO3)C[C@H](C)O1. The zero-order valence-corrected chi connectivity index (χ0v) is 15.4. The highest BCUT2D eigenvalue weighted by Crippen LogP contribution is 2.34. The summed E-state index contributed by atoms with van der Waals surface area (Å²) in [6.45, 7) is 8.03. The molecule has 4 rings (SSSR count). The summed E-state index contributed by atoms with van der Waals surface area (Å²) in [7, 11) is 0. The van der Waals surface area contributed by atoms with Crippen molar-refractivity contribution < 1.29 is 19.0 Å². The first kappa shape index (κ1) is 17.4. The van der Waals surface area contributed by atoms with Crippen molar-refractivity contribution in [1.82, 2.24) is 9.80 Å². The Bertz CT molecular complexity index is 658. The number of nitrogens with zero attached hydrogens (tertiary/aromatic N) is 2. The second-order valence-corrected chi connectivity index (χ2v) is 7.46. The molecule has 2 fully saturated rings. The van der Waals surface area contributed by atoms with Gasteiger partial charge < -0.3 is 24.4 Å². The third-order valence-electron chi connectivity index (χ3n) is 5.23. The van der Waals surface area contributed by atoms with E-state index in [2.05, 4.69) is 24.1 Å². The zero-order chi connectivity index (χ0) is 18.1. The maximum Gasteiger partial charge on any atom is 0.322 e. The minimum Gasteiger partial charge on any atom is -0.454 e. The predicted molar refractivity (Wildman–Crippen MR) is 97.8 cm³/mol. The van der Waals surface area contributed by atoms with Gasteiger partial charge in [-0.25, -0.2) is 4.79 Å². The summed E-state index contributed by atoms with van der Waals surface area (Å²) in [5, 5.41) is 3.01. The summed E-state index contributed by atoms with van der Waals surface area (Å²) in [6.07, 6.45) is 2.59. The fourth-order valence-corrected chi connectivity index (χ4v) is 4.19. The largest absolute Gasteiger partial charge is 0.454 e. The zero-order valence-electron chi connectivity index (χ0n) is 15.4. The summed E-state index contributed by atoms with van der Waals surface area (Å²) in [5.74, 6) is 1.40. The van der Waals surface area contributed by atoms with Crippen molar-refractivity contribution >= 4 is 11.7 Å². The van der Waals surface area contributed by atoms with Gasteiger partial charge in [-0.2, -0.15) is 0 Å². The molecule has 0 unspecified atom stereocenters. The molecule has 1 N–H and O–H groups in total. The summed E-state index contributed by atoms with van der Waals surface area (Å²) < 4.78 is 16.5. The Morgan fingerprint density at radius 3 is 2.77 bits per heavy atom. The van der Waals surface area contributed by atoms with E-state index in [-0.39, 0.29) is 31.1 Å². The van der Waals surface area contributed by atoms with Crippen LogP contribution in [-0.2, 0) is 4.74 Å². The van der Waals surface area contributed by atoms with Crippen LogP contribution in [0.2, 0.25) is 0 Å². The maximum absolute atomic E-state index is 12.8. The smallest absolute Gasteiger partial charge is 0.322 e. The number of anilines is 1. The maximum atomic E-state index is 12.8. The molecule has 3 heterocycles. The first-order valence-electron chi connectivity index (χ1n) is 9.43. The Kier molecular flexibility index (Phi) is 4.91. The number of hydrogen-bond donors (Lipinski definition) is 1. The molecule has 3 atom stereocenters. The number of carbonyl (C=O) groups excluding carboxylic acids is 1. The minimum absolute atomic E-state index is 0.0410. The molecular weight excluding hydrogens is 334 g/mol. The lowest BCUT2D eigenvalue weighted by atomic mass is 10.1. The molecule has 0 radical (unpaired) electrons. The van der Waals surface area contributed by atoms with Crippen molar-refractivity contribution in [3.63, 3.8) is 0 Å². The van der Waals surface area contributed by atoms with E-state index in [1.165, 1.54) is 0 Å². The molecule has 0 bridgehead atoms. The quantitative estimate of drug-likeness (QED) is 0.896. The average molecular weight is 361 g/mol. The standard InChI is InChI=1S/C19H27N3O4/c1-13-9-21(10-14(2)26-13)11-16-4-3-7-22(16)19(23)20-15-5-6-17-18(8-15)25-12-24-17/h5-6,8,13-14,16H,3-4,7,9-12H2,1-2H3,(H,20,23)/t13-,14+,16-/m0/s1.